The highest BCUT2D eigenvalue weighted by atomic mass is 16.5. The van der Waals surface area contributed by atoms with Gasteiger partial charge in [-0.05, 0) is 53.9 Å². The number of hydrogen-bond donors (Lipinski definition) is 1. The fourth-order valence-electron chi connectivity index (χ4n) is 3.80. The monoisotopic (exact) mass is 445 g/mol. The molecule has 1 fully saturated rings. The average Bonchev–Trinajstić information content (AvgIpc) is 3.25. The van der Waals surface area contributed by atoms with Crippen LogP contribution in [-0.2, 0) is 22.6 Å². The molecule has 2 amide bonds. The number of anilines is 2. The number of pyridine rings is 1. The van der Waals surface area contributed by atoms with E-state index in [2.05, 4.69) is 17.2 Å². The highest BCUT2D eigenvalue weighted by Gasteiger charge is 2.35. The van der Waals surface area contributed by atoms with E-state index in [1.165, 1.54) is 5.56 Å². The standard InChI is InChI=1S/C26H27N3O4/c1-3-18-4-7-22(8-5-18)29-16-20(14-25(29)30)26(31)28-21-6-9-23(32-2)24(15-21)33-17-19-10-12-27-13-11-19/h4-13,15,20H,3,14,16-17H2,1-2H3,(H,28,31). The Bertz CT molecular complexity index is 1120. The summed E-state index contributed by atoms with van der Waals surface area (Å²) in [6.45, 7) is 2.79. The van der Waals surface area contributed by atoms with Gasteiger partial charge in [0.15, 0.2) is 11.5 Å². The van der Waals surface area contributed by atoms with Gasteiger partial charge >= 0.3 is 0 Å². The zero-order valence-corrected chi connectivity index (χ0v) is 18.8. The van der Waals surface area contributed by atoms with Crippen molar-refractivity contribution in [2.45, 2.75) is 26.4 Å². The molecule has 0 saturated carbocycles. The van der Waals surface area contributed by atoms with Crippen molar-refractivity contribution in [3.05, 3.63) is 78.1 Å². The van der Waals surface area contributed by atoms with E-state index in [0.717, 1.165) is 17.7 Å². The SMILES string of the molecule is CCc1ccc(N2CC(C(=O)Nc3ccc(OC)c(OCc4ccncc4)c3)CC2=O)cc1. The molecule has 1 aliphatic rings. The summed E-state index contributed by atoms with van der Waals surface area (Å²) < 4.78 is 11.3. The van der Waals surface area contributed by atoms with Crippen molar-refractivity contribution in [2.24, 2.45) is 5.92 Å². The minimum atomic E-state index is -0.424. The molecule has 1 N–H and O–H groups in total. The smallest absolute Gasteiger partial charge is 0.229 e. The van der Waals surface area contributed by atoms with Crippen molar-refractivity contribution in [1.82, 2.24) is 4.98 Å². The van der Waals surface area contributed by atoms with Gasteiger partial charge in [0.25, 0.3) is 0 Å². The quantitative estimate of drug-likeness (QED) is 0.561. The molecule has 3 aromatic rings. The predicted octanol–water partition coefficient (Wildman–Crippen LogP) is 4.22. The molecular weight excluding hydrogens is 418 g/mol. The number of carbonyl (C=O) groups excluding carboxylic acids is 2. The number of nitrogens with zero attached hydrogens (tertiary/aromatic N) is 2. The topological polar surface area (TPSA) is 80.8 Å². The van der Waals surface area contributed by atoms with Crippen LogP contribution in [0.2, 0.25) is 0 Å². The molecule has 1 aliphatic heterocycles. The van der Waals surface area contributed by atoms with Gasteiger partial charge in [-0.2, -0.15) is 0 Å². The molecule has 0 aliphatic carbocycles. The molecule has 2 heterocycles. The molecule has 2 aromatic carbocycles. The number of rotatable bonds is 8. The van der Waals surface area contributed by atoms with Gasteiger partial charge in [0.2, 0.25) is 11.8 Å². The summed E-state index contributed by atoms with van der Waals surface area (Å²) in [6.07, 6.45) is 4.53. The van der Waals surface area contributed by atoms with Gasteiger partial charge in [0.1, 0.15) is 6.61 Å². The number of carbonyl (C=O) groups is 2. The highest BCUT2D eigenvalue weighted by Crippen LogP contribution is 2.32. The van der Waals surface area contributed by atoms with Crippen LogP contribution < -0.4 is 19.7 Å². The molecule has 7 heteroatoms. The normalized spacial score (nSPS) is 15.4. The average molecular weight is 446 g/mol. The van der Waals surface area contributed by atoms with E-state index in [1.807, 2.05) is 36.4 Å². The molecule has 4 rings (SSSR count). The summed E-state index contributed by atoms with van der Waals surface area (Å²) in [5.41, 5.74) is 3.59. The molecule has 1 unspecified atom stereocenters. The lowest BCUT2D eigenvalue weighted by Crippen LogP contribution is -2.28. The van der Waals surface area contributed by atoms with Crippen LogP contribution in [0.1, 0.15) is 24.5 Å². The minimum Gasteiger partial charge on any atom is -0.493 e. The van der Waals surface area contributed by atoms with Crippen LogP contribution in [0.3, 0.4) is 0 Å². The first-order chi connectivity index (χ1) is 16.1. The van der Waals surface area contributed by atoms with Crippen molar-refractivity contribution in [1.29, 1.82) is 0 Å². The maximum absolute atomic E-state index is 12.9. The first-order valence-corrected chi connectivity index (χ1v) is 11.0. The Morgan fingerprint density at radius 3 is 2.52 bits per heavy atom. The largest absolute Gasteiger partial charge is 0.493 e. The van der Waals surface area contributed by atoms with Gasteiger partial charge in [-0.25, -0.2) is 0 Å². The van der Waals surface area contributed by atoms with Crippen LogP contribution in [0, 0.1) is 5.92 Å². The minimum absolute atomic E-state index is 0.0458. The molecule has 33 heavy (non-hydrogen) atoms. The van der Waals surface area contributed by atoms with E-state index in [0.29, 0.717) is 30.3 Å². The zero-order valence-electron chi connectivity index (χ0n) is 18.8. The summed E-state index contributed by atoms with van der Waals surface area (Å²) in [5.74, 6) is 0.426. The van der Waals surface area contributed by atoms with Gasteiger partial charge < -0.3 is 19.7 Å². The fourth-order valence-corrected chi connectivity index (χ4v) is 3.80. The molecule has 0 bridgehead atoms. The summed E-state index contributed by atoms with van der Waals surface area (Å²) in [5, 5.41) is 2.92. The van der Waals surface area contributed by atoms with E-state index < -0.39 is 5.92 Å². The maximum atomic E-state index is 12.9. The Labute approximate surface area is 193 Å². The second-order valence-electron chi connectivity index (χ2n) is 7.92. The van der Waals surface area contributed by atoms with E-state index in [4.69, 9.17) is 9.47 Å². The van der Waals surface area contributed by atoms with Crippen molar-refractivity contribution in [2.75, 3.05) is 23.9 Å². The first-order valence-electron chi connectivity index (χ1n) is 11.0. The number of amides is 2. The lowest BCUT2D eigenvalue weighted by Gasteiger charge is -2.17. The van der Waals surface area contributed by atoms with Crippen LogP contribution in [0.25, 0.3) is 0 Å². The van der Waals surface area contributed by atoms with Gasteiger partial charge in [0, 0.05) is 42.8 Å². The Morgan fingerprint density at radius 1 is 1.06 bits per heavy atom. The van der Waals surface area contributed by atoms with E-state index in [-0.39, 0.29) is 18.2 Å². The van der Waals surface area contributed by atoms with Crippen LogP contribution in [-0.4, -0.2) is 30.5 Å². The molecule has 0 spiro atoms. The van der Waals surface area contributed by atoms with Crippen LogP contribution >= 0.6 is 0 Å². The molecular formula is C26H27N3O4. The zero-order chi connectivity index (χ0) is 23.2. The molecule has 170 valence electrons. The highest BCUT2D eigenvalue weighted by molar-refractivity contribution is 6.03. The second kappa shape index (κ2) is 10.2. The van der Waals surface area contributed by atoms with E-state index in [9.17, 15) is 9.59 Å². The maximum Gasteiger partial charge on any atom is 0.229 e. The van der Waals surface area contributed by atoms with Crippen molar-refractivity contribution >= 4 is 23.2 Å². The lowest BCUT2D eigenvalue weighted by molar-refractivity contribution is -0.122. The fraction of sp³-hybridized carbons (Fsp3) is 0.269. The molecule has 1 aromatic heterocycles. The van der Waals surface area contributed by atoms with Gasteiger partial charge in [-0.3, -0.25) is 14.6 Å². The third-order valence-corrected chi connectivity index (χ3v) is 5.73. The number of ether oxygens (including phenoxy) is 2. The van der Waals surface area contributed by atoms with E-state index in [1.54, 1.807) is 42.6 Å². The van der Waals surface area contributed by atoms with Gasteiger partial charge in [-0.1, -0.05) is 19.1 Å². The lowest BCUT2D eigenvalue weighted by atomic mass is 10.1. The van der Waals surface area contributed by atoms with Crippen LogP contribution in [0.5, 0.6) is 11.5 Å². The molecule has 1 saturated heterocycles. The Balaban J connectivity index is 1.41. The van der Waals surface area contributed by atoms with Crippen molar-refractivity contribution < 1.29 is 19.1 Å². The number of methoxy groups -OCH3 is 1. The summed E-state index contributed by atoms with van der Waals surface area (Å²) in [4.78, 5) is 31.2. The molecule has 0 radical (unpaired) electrons. The summed E-state index contributed by atoms with van der Waals surface area (Å²) >= 11 is 0. The third kappa shape index (κ3) is 5.31. The van der Waals surface area contributed by atoms with Crippen LogP contribution in [0.15, 0.2) is 67.0 Å². The third-order valence-electron chi connectivity index (χ3n) is 5.73. The van der Waals surface area contributed by atoms with E-state index >= 15 is 0 Å². The Kier molecular flexibility index (Phi) is 6.88. The van der Waals surface area contributed by atoms with Gasteiger partial charge in [0.05, 0.1) is 13.0 Å². The van der Waals surface area contributed by atoms with Crippen molar-refractivity contribution in [3.8, 4) is 11.5 Å². The second-order valence-corrected chi connectivity index (χ2v) is 7.92. The first kappa shape index (κ1) is 22.3. The number of nitrogens with one attached hydrogen (secondary N) is 1. The number of aromatic nitrogens is 1. The van der Waals surface area contributed by atoms with Gasteiger partial charge in [-0.15, -0.1) is 0 Å². The Morgan fingerprint density at radius 2 is 1.82 bits per heavy atom. The number of aryl methyl sites for hydroxylation is 1. The number of benzene rings is 2. The summed E-state index contributed by atoms with van der Waals surface area (Å²) in [6, 6.07) is 16.9. The summed E-state index contributed by atoms with van der Waals surface area (Å²) in [7, 11) is 1.57. The predicted molar refractivity (Wildman–Crippen MR) is 126 cm³/mol. The molecule has 7 nitrogen and oxygen atoms in total. The molecule has 1 atom stereocenters. The van der Waals surface area contributed by atoms with Crippen LogP contribution in [0.4, 0.5) is 11.4 Å². The Hall–Kier alpha value is -3.87. The van der Waals surface area contributed by atoms with Crippen molar-refractivity contribution in [3.63, 3.8) is 0 Å². The number of hydrogen-bond acceptors (Lipinski definition) is 5.